The van der Waals surface area contributed by atoms with Gasteiger partial charge in [0.15, 0.2) is 0 Å². The third-order valence-electron chi connectivity index (χ3n) is 5.62. The quantitative estimate of drug-likeness (QED) is 0.843. The van der Waals surface area contributed by atoms with Crippen LogP contribution in [0.25, 0.3) is 0 Å². The van der Waals surface area contributed by atoms with Crippen molar-refractivity contribution >= 4 is 11.7 Å². The number of carbonyl (C=O) groups is 1. The minimum Gasteiger partial charge on any atom is -0.382 e. The van der Waals surface area contributed by atoms with E-state index < -0.39 is 0 Å². The van der Waals surface area contributed by atoms with Crippen LogP contribution in [0, 0.1) is 5.92 Å². The average molecular weight is 358 g/mol. The highest BCUT2D eigenvalue weighted by molar-refractivity contribution is 5.93. The van der Waals surface area contributed by atoms with Crippen molar-refractivity contribution in [3.05, 3.63) is 30.2 Å². The van der Waals surface area contributed by atoms with E-state index in [0.717, 1.165) is 13.0 Å². The van der Waals surface area contributed by atoms with Gasteiger partial charge < -0.3 is 15.4 Å². The molecule has 2 aromatic heterocycles. The Hall–Kier alpha value is -2.35. The molecule has 1 saturated heterocycles. The van der Waals surface area contributed by atoms with Crippen molar-refractivity contribution in [1.82, 2.24) is 24.5 Å². The van der Waals surface area contributed by atoms with Gasteiger partial charge in [0.25, 0.3) is 5.91 Å². The fraction of sp³-hybridized carbons (Fsp3) is 0.611. The predicted octanol–water partition coefficient (Wildman–Crippen LogP) is 1.39. The normalized spacial score (nSPS) is 23.3. The molecule has 0 bridgehead atoms. The van der Waals surface area contributed by atoms with Gasteiger partial charge in [-0.2, -0.15) is 10.2 Å². The summed E-state index contributed by atoms with van der Waals surface area (Å²) in [4.78, 5) is 15.1. The summed E-state index contributed by atoms with van der Waals surface area (Å²) < 4.78 is 9.20. The Morgan fingerprint density at radius 1 is 1.35 bits per heavy atom. The van der Waals surface area contributed by atoms with Gasteiger partial charge in [-0.3, -0.25) is 14.2 Å². The van der Waals surface area contributed by atoms with Crippen molar-refractivity contribution < 1.29 is 9.53 Å². The first-order chi connectivity index (χ1) is 12.6. The van der Waals surface area contributed by atoms with E-state index >= 15 is 0 Å². The number of likely N-dealkylation sites (tertiary alicyclic amines) is 1. The number of hydrogen-bond acceptors (Lipinski definition) is 5. The molecule has 2 fully saturated rings. The first-order valence-electron chi connectivity index (χ1n) is 9.28. The van der Waals surface area contributed by atoms with Crippen LogP contribution in [0.4, 0.5) is 5.82 Å². The molecule has 0 spiro atoms. The summed E-state index contributed by atoms with van der Waals surface area (Å²) in [5.41, 5.74) is 6.38. The van der Waals surface area contributed by atoms with Crippen LogP contribution in [0.5, 0.6) is 0 Å². The minimum absolute atomic E-state index is 0.0199. The van der Waals surface area contributed by atoms with E-state index in [4.69, 9.17) is 10.5 Å². The van der Waals surface area contributed by atoms with Crippen LogP contribution in [-0.2, 0) is 17.8 Å². The van der Waals surface area contributed by atoms with E-state index in [1.807, 2.05) is 21.8 Å². The average Bonchev–Trinajstić information content (AvgIpc) is 3.30. The maximum atomic E-state index is 13.2. The number of amides is 1. The fourth-order valence-corrected chi connectivity index (χ4v) is 3.89. The molecule has 26 heavy (non-hydrogen) atoms. The van der Waals surface area contributed by atoms with Crippen molar-refractivity contribution in [1.29, 1.82) is 0 Å². The van der Waals surface area contributed by atoms with E-state index in [2.05, 4.69) is 10.2 Å². The molecular formula is C18H26N6O2. The fourth-order valence-electron chi connectivity index (χ4n) is 3.89. The number of anilines is 1. The molecule has 1 aliphatic heterocycles. The second kappa shape index (κ2) is 7.11. The van der Waals surface area contributed by atoms with Crippen LogP contribution in [0.2, 0.25) is 0 Å². The van der Waals surface area contributed by atoms with Gasteiger partial charge in [-0.15, -0.1) is 0 Å². The molecule has 2 aromatic rings. The molecule has 3 heterocycles. The van der Waals surface area contributed by atoms with Crippen LogP contribution >= 0.6 is 0 Å². The number of rotatable bonds is 6. The number of nitrogens with zero attached hydrogens (tertiary/aromatic N) is 5. The first kappa shape index (κ1) is 17.1. The molecule has 4 rings (SSSR count). The number of methoxy groups -OCH3 is 1. The lowest BCUT2D eigenvalue weighted by atomic mass is 9.85. The molecule has 2 aliphatic rings. The van der Waals surface area contributed by atoms with E-state index in [-0.39, 0.29) is 18.1 Å². The maximum Gasteiger partial charge on any atom is 0.272 e. The summed E-state index contributed by atoms with van der Waals surface area (Å²) in [6.07, 6.45) is 8.14. The Labute approximate surface area is 152 Å². The summed E-state index contributed by atoms with van der Waals surface area (Å²) in [5.74, 6) is 1.16. The zero-order chi connectivity index (χ0) is 18.1. The molecule has 0 aromatic carbocycles. The topological polar surface area (TPSA) is 91.2 Å². The lowest BCUT2D eigenvalue weighted by molar-refractivity contribution is 0.0664. The van der Waals surface area contributed by atoms with Crippen molar-refractivity contribution in [2.24, 2.45) is 5.92 Å². The number of aromatic nitrogens is 4. The van der Waals surface area contributed by atoms with Crippen LogP contribution in [0.1, 0.15) is 36.2 Å². The molecule has 8 heteroatoms. The number of hydrogen-bond donors (Lipinski definition) is 1. The van der Waals surface area contributed by atoms with Crippen LogP contribution in [0.3, 0.4) is 0 Å². The van der Waals surface area contributed by atoms with Gasteiger partial charge in [0.05, 0.1) is 18.7 Å². The summed E-state index contributed by atoms with van der Waals surface area (Å²) in [6.45, 7) is 2.03. The molecule has 8 nitrogen and oxygen atoms in total. The van der Waals surface area contributed by atoms with Gasteiger partial charge in [0, 0.05) is 32.6 Å². The molecule has 1 amide bonds. The minimum atomic E-state index is 0.0199. The standard InChI is InChI=1S/C18H26N6O2/c1-26-15-9-14(11-22-8-6-17(19)21-22)23(12-15)18(25)16-5-7-20-24(16)10-13-3-2-4-13/h5-8,13-15H,2-4,9-12H2,1H3,(H2,19,21)/t14-,15+/m0/s1. The number of nitrogens with two attached hydrogens (primary N) is 1. The molecule has 2 atom stereocenters. The molecule has 2 N–H and O–H groups in total. The van der Waals surface area contributed by atoms with Gasteiger partial charge in [-0.25, -0.2) is 0 Å². The number of ether oxygens (including phenoxy) is 1. The monoisotopic (exact) mass is 358 g/mol. The highest BCUT2D eigenvalue weighted by Gasteiger charge is 2.37. The molecule has 0 unspecified atom stereocenters. The van der Waals surface area contributed by atoms with Crippen molar-refractivity contribution in [2.45, 2.75) is 50.9 Å². The highest BCUT2D eigenvalue weighted by atomic mass is 16.5. The molecular weight excluding hydrogens is 332 g/mol. The maximum absolute atomic E-state index is 13.2. The molecule has 0 radical (unpaired) electrons. The molecule has 1 saturated carbocycles. The molecule has 1 aliphatic carbocycles. The van der Waals surface area contributed by atoms with Crippen molar-refractivity contribution in [2.75, 3.05) is 19.4 Å². The van der Waals surface area contributed by atoms with E-state index in [1.165, 1.54) is 19.3 Å². The van der Waals surface area contributed by atoms with Gasteiger partial charge in [0.2, 0.25) is 0 Å². The Bertz CT molecular complexity index is 765. The van der Waals surface area contributed by atoms with Gasteiger partial charge >= 0.3 is 0 Å². The summed E-state index contributed by atoms with van der Waals surface area (Å²) in [7, 11) is 1.70. The summed E-state index contributed by atoms with van der Waals surface area (Å²) in [5, 5.41) is 8.64. The summed E-state index contributed by atoms with van der Waals surface area (Å²) >= 11 is 0. The number of nitrogen functional groups attached to an aromatic ring is 1. The third-order valence-corrected chi connectivity index (χ3v) is 5.62. The highest BCUT2D eigenvalue weighted by Crippen LogP contribution is 2.29. The van der Waals surface area contributed by atoms with E-state index in [1.54, 1.807) is 24.1 Å². The van der Waals surface area contributed by atoms with Gasteiger partial charge in [-0.05, 0) is 37.3 Å². The van der Waals surface area contributed by atoms with Gasteiger partial charge in [0.1, 0.15) is 11.5 Å². The largest absolute Gasteiger partial charge is 0.382 e. The van der Waals surface area contributed by atoms with E-state index in [9.17, 15) is 4.79 Å². The Kier molecular flexibility index (Phi) is 4.67. The van der Waals surface area contributed by atoms with Crippen molar-refractivity contribution in [3.8, 4) is 0 Å². The lowest BCUT2D eigenvalue weighted by Gasteiger charge is -2.27. The number of carbonyl (C=O) groups excluding carboxylic acids is 1. The van der Waals surface area contributed by atoms with E-state index in [0.29, 0.717) is 30.5 Å². The second-order valence-corrected chi connectivity index (χ2v) is 7.36. The second-order valence-electron chi connectivity index (χ2n) is 7.36. The Balaban J connectivity index is 1.51. The Morgan fingerprint density at radius 3 is 2.85 bits per heavy atom. The van der Waals surface area contributed by atoms with Crippen LogP contribution < -0.4 is 5.73 Å². The third kappa shape index (κ3) is 3.33. The summed E-state index contributed by atoms with van der Waals surface area (Å²) in [6, 6.07) is 3.62. The first-order valence-corrected chi connectivity index (χ1v) is 9.28. The Morgan fingerprint density at radius 2 is 2.19 bits per heavy atom. The SMILES string of the molecule is CO[C@@H]1C[C@@H](Cn2ccc(N)n2)N(C(=O)c2ccnn2CC2CCC2)C1. The molecule has 140 valence electrons. The predicted molar refractivity (Wildman–Crippen MR) is 96.4 cm³/mol. The van der Waals surface area contributed by atoms with Crippen molar-refractivity contribution in [3.63, 3.8) is 0 Å². The van der Waals surface area contributed by atoms with Gasteiger partial charge in [-0.1, -0.05) is 6.42 Å². The smallest absolute Gasteiger partial charge is 0.272 e. The zero-order valence-electron chi connectivity index (χ0n) is 15.1. The zero-order valence-corrected chi connectivity index (χ0v) is 15.1. The van der Waals surface area contributed by atoms with Crippen LogP contribution in [-0.4, -0.2) is 56.2 Å². The lowest BCUT2D eigenvalue weighted by Crippen LogP contribution is -2.40. The van der Waals surface area contributed by atoms with Crippen LogP contribution in [0.15, 0.2) is 24.5 Å².